The molecule has 2 aromatic rings. The Balaban J connectivity index is 2.22. The Hall–Kier alpha value is -0.390. The molecule has 0 saturated heterocycles. The van der Waals surface area contributed by atoms with E-state index in [9.17, 15) is 0 Å². The first kappa shape index (κ1) is 13.1. The molecule has 1 aromatic heterocycles. The fourth-order valence-electron chi connectivity index (χ4n) is 1.69. The van der Waals surface area contributed by atoms with Gasteiger partial charge in [-0.3, -0.25) is 11.3 Å². The van der Waals surface area contributed by atoms with Gasteiger partial charge in [0.2, 0.25) is 0 Å². The lowest BCUT2D eigenvalue weighted by molar-refractivity contribution is 0.552. The second-order valence-corrected chi connectivity index (χ2v) is 5.89. The molecule has 90 valence electrons. The normalized spacial score (nSPS) is 12.6. The molecule has 2 nitrogen and oxygen atoms in total. The van der Waals surface area contributed by atoms with Gasteiger partial charge in [0.25, 0.3) is 0 Å². The number of nitrogens with two attached hydrogens (primary N) is 1. The summed E-state index contributed by atoms with van der Waals surface area (Å²) in [6.07, 6.45) is 0.854. The van der Waals surface area contributed by atoms with Gasteiger partial charge in [-0.2, -0.15) is 11.3 Å². The zero-order chi connectivity index (χ0) is 12.3. The fourth-order valence-corrected chi connectivity index (χ4v) is 3.26. The van der Waals surface area contributed by atoms with Crippen molar-refractivity contribution in [1.29, 1.82) is 0 Å². The highest BCUT2D eigenvalue weighted by atomic mass is 79.9. The summed E-state index contributed by atoms with van der Waals surface area (Å²) in [5.74, 6) is 5.62. The SMILES string of the molecule is NNC(Cc1ccsc1)c1cc(Cl)cc(Br)c1. The van der Waals surface area contributed by atoms with Gasteiger partial charge in [-0.25, -0.2) is 0 Å². The molecule has 1 aromatic carbocycles. The second-order valence-electron chi connectivity index (χ2n) is 3.76. The Morgan fingerprint density at radius 1 is 1.41 bits per heavy atom. The van der Waals surface area contributed by atoms with E-state index in [-0.39, 0.29) is 6.04 Å². The van der Waals surface area contributed by atoms with E-state index in [1.165, 1.54) is 5.56 Å². The Kier molecular flexibility index (Phi) is 4.59. The summed E-state index contributed by atoms with van der Waals surface area (Å²) < 4.78 is 0.963. The zero-order valence-electron chi connectivity index (χ0n) is 8.99. The van der Waals surface area contributed by atoms with Crippen LogP contribution in [0.5, 0.6) is 0 Å². The van der Waals surface area contributed by atoms with E-state index >= 15 is 0 Å². The number of thiophene rings is 1. The molecule has 0 saturated carbocycles. The maximum atomic E-state index is 6.04. The highest BCUT2D eigenvalue weighted by Gasteiger charge is 2.12. The Morgan fingerprint density at radius 2 is 2.24 bits per heavy atom. The lowest BCUT2D eigenvalue weighted by Gasteiger charge is -2.16. The molecule has 0 spiro atoms. The molecule has 0 fully saturated rings. The van der Waals surface area contributed by atoms with Crippen LogP contribution >= 0.6 is 38.9 Å². The highest BCUT2D eigenvalue weighted by molar-refractivity contribution is 9.10. The monoisotopic (exact) mass is 330 g/mol. The molecule has 0 aliphatic carbocycles. The first-order valence-electron chi connectivity index (χ1n) is 5.12. The molecule has 1 unspecified atom stereocenters. The third-order valence-electron chi connectivity index (χ3n) is 2.51. The average molecular weight is 332 g/mol. The van der Waals surface area contributed by atoms with Gasteiger partial charge in [0.05, 0.1) is 6.04 Å². The van der Waals surface area contributed by atoms with E-state index in [4.69, 9.17) is 17.4 Å². The maximum absolute atomic E-state index is 6.04. The predicted molar refractivity (Wildman–Crippen MR) is 77.2 cm³/mol. The maximum Gasteiger partial charge on any atom is 0.0501 e. The lowest BCUT2D eigenvalue weighted by Crippen LogP contribution is -2.29. The van der Waals surface area contributed by atoms with Crippen molar-refractivity contribution >= 4 is 38.9 Å². The molecule has 0 amide bonds. The van der Waals surface area contributed by atoms with Crippen LogP contribution in [0.1, 0.15) is 17.2 Å². The van der Waals surface area contributed by atoms with Crippen LogP contribution in [-0.2, 0) is 6.42 Å². The summed E-state index contributed by atoms with van der Waals surface area (Å²) in [6.45, 7) is 0. The van der Waals surface area contributed by atoms with Gasteiger partial charge in [0, 0.05) is 9.50 Å². The zero-order valence-corrected chi connectivity index (χ0v) is 12.1. The third-order valence-corrected chi connectivity index (χ3v) is 3.92. The molecule has 0 radical (unpaired) electrons. The Labute approximate surface area is 118 Å². The number of hydrogen-bond donors (Lipinski definition) is 2. The second kappa shape index (κ2) is 5.98. The minimum absolute atomic E-state index is 0.0691. The molecule has 1 atom stereocenters. The molecule has 0 bridgehead atoms. The van der Waals surface area contributed by atoms with E-state index in [2.05, 4.69) is 38.2 Å². The first-order valence-corrected chi connectivity index (χ1v) is 7.23. The van der Waals surface area contributed by atoms with Crippen LogP contribution in [0.15, 0.2) is 39.5 Å². The third kappa shape index (κ3) is 3.53. The number of rotatable bonds is 4. The minimum atomic E-state index is 0.0691. The van der Waals surface area contributed by atoms with Crippen LogP contribution in [0, 0.1) is 0 Å². The van der Waals surface area contributed by atoms with Crippen molar-refractivity contribution in [2.24, 2.45) is 5.84 Å². The quantitative estimate of drug-likeness (QED) is 0.658. The number of benzene rings is 1. The van der Waals surface area contributed by atoms with Gasteiger partial charge in [-0.1, -0.05) is 27.5 Å². The van der Waals surface area contributed by atoms with Gasteiger partial charge < -0.3 is 0 Å². The molecular formula is C12H12BrClN2S. The van der Waals surface area contributed by atoms with Crippen LogP contribution in [0.25, 0.3) is 0 Å². The Morgan fingerprint density at radius 3 is 2.82 bits per heavy atom. The molecule has 0 aliphatic rings. The number of halogens is 2. The van der Waals surface area contributed by atoms with Crippen LogP contribution in [-0.4, -0.2) is 0 Å². The van der Waals surface area contributed by atoms with Crippen molar-refractivity contribution in [3.05, 3.63) is 55.6 Å². The summed E-state index contributed by atoms with van der Waals surface area (Å²) in [4.78, 5) is 0. The van der Waals surface area contributed by atoms with Crippen molar-refractivity contribution in [3.63, 3.8) is 0 Å². The van der Waals surface area contributed by atoms with Crippen molar-refractivity contribution in [2.75, 3.05) is 0 Å². The van der Waals surface area contributed by atoms with Crippen molar-refractivity contribution in [2.45, 2.75) is 12.5 Å². The van der Waals surface area contributed by atoms with E-state index in [0.717, 1.165) is 16.5 Å². The highest BCUT2D eigenvalue weighted by Crippen LogP contribution is 2.26. The van der Waals surface area contributed by atoms with Crippen LogP contribution in [0.2, 0.25) is 5.02 Å². The van der Waals surface area contributed by atoms with E-state index in [1.54, 1.807) is 11.3 Å². The summed E-state index contributed by atoms with van der Waals surface area (Å²) in [7, 11) is 0. The van der Waals surface area contributed by atoms with Crippen molar-refractivity contribution < 1.29 is 0 Å². The number of nitrogens with one attached hydrogen (secondary N) is 1. The standard InChI is InChI=1S/C12H12BrClN2S/c13-10-4-9(5-11(14)6-10)12(16-15)3-8-1-2-17-7-8/h1-2,4-7,12,16H,3,15H2. The van der Waals surface area contributed by atoms with Gasteiger partial charge in [-0.05, 0) is 52.6 Å². The van der Waals surface area contributed by atoms with Gasteiger partial charge in [-0.15, -0.1) is 0 Å². The molecule has 17 heavy (non-hydrogen) atoms. The van der Waals surface area contributed by atoms with Crippen LogP contribution in [0.3, 0.4) is 0 Å². The summed E-state index contributed by atoms with van der Waals surface area (Å²) >= 11 is 11.2. The van der Waals surface area contributed by atoms with Gasteiger partial charge in [0.15, 0.2) is 0 Å². The summed E-state index contributed by atoms with van der Waals surface area (Å²) in [6, 6.07) is 8.00. The molecule has 5 heteroatoms. The molecule has 0 aliphatic heterocycles. The molecular weight excluding hydrogens is 320 g/mol. The van der Waals surface area contributed by atoms with Crippen LogP contribution in [0.4, 0.5) is 0 Å². The molecule has 3 N–H and O–H groups in total. The van der Waals surface area contributed by atoms with E-state index in [0.29, 0.717) is 5.02 Å². The largest absolute Gasteiger partial charge is 0.271 e. The number of hydrazine groups is 1. The lowest BCUT2D eigenvalue weighted by atomic mass is 10.0. The predicted octanol–water partition coefficient (Wildman–Crippen LogP) is 3.91. The first-order chi connectivity index (χ1) is 8.19. The minimum Gasteiger partial charge on any atom is -0.271 e. The Bertz CT molecular complexity index is 467. The van der Waals surface area contributed by atoms with E-state index in [1.807, 2.05) is 18.2 Å². The molecule has 2 rings (SSSR count). The smallest absolute Gasteiger partial charge is 0.0501 e. The number of hydrogen-bond acceptors (Lipinski definition) is 3. The summed E-state index contributed by atoms with van der Waals surface area (Å²) in [5, 5.41) is 4.90. The summed E-state index contributed by atoms with van der Waals surface area (Å²) in [5.41, 5.74) is 5.19. The van der Waals surface area contributed by atoms with Crippen molar-refractivity contribution in [3.8, 4) is 0 Å². The van der Waals surface area contributed by atoms with Gasteiger partial charge in [0.1, 0.15) is 0 Å². The topological polar surface area (TPSA) is 38.0 Å². The van der Waals surface area contributed by atoms with E-state index < -0.39 is 0 Å². The van der Waals surface area contributed by atoms with Gasteiger partial charge >= 0.3 is 0 Å². The molecule has 1 heterocycles. The van der Waals surface area contributed by atoms with Crippen molar-refractivity contribution in [1.82, 2.24) is 5.43 Å². The van der Waals surface area contributed by atoms with Crippen LogP contribution < -0.4 is 11.3 Å². The average Bonchev–Trinajstić information content (AvgIpc) is 2.77. The fraction of sp³-hybridized carbons (Fsp3) is 0.167.